The van der Waals surface area contributed by atoms with Crippen molar-refractivity contribution in [3.63, 3.8) is 0 Å². The van der Waals surface area contributed by atoms with Crippen LogP contribution in [0.3, 0.4) is 0 Å². The van der Waals surface area contributed by atoms with Gasteiger partial charge in [-0.15, -0.1) is 0 Å². The first-order valence-corrected chi connectivity index (χ1v) is 10.3. The predicted octanol–water partition coefficient (Wildman–Crippen LogP) is 4.08. The molecule has 0 radical (unpaired) electrons. The van der Waals surface area contributed by atoms with Crippen LogP contribution >= 0.6 is 0 Å². The summed E-state index contributed by atoms with van der Waals surface area (Å²) in [6, 6.07) is 14.9. The Bertz CT molecular complexity index is 1080. The smallest absolute Gasteiger partial charge is 0.289 e. The highest BCUT2D eigenvalue weighted by Crippen LogP contribution is 2.30. The van der Waals surface area contributed by atoms with Gasteiger partial charge in [0.05, 0.1) is 19.4 Å². The predicted molar refractivity (Wildman–Crippen MR) is 117 cm³/mol. The van der Waals surface area contributed by atoms with Crippen LogP contribution in [0, 0.1) is 5.92 Å². The van der Waals surface area contributed by atoms with Gasteiger partial charge in [-0.2, -0.15) is 0 Å². The van der Waals surface area contributed by atoms with Gasteiger partial charge in [0.15, 0.2) is 5.76 Å². The highest BCUT2D eigenvalue weighted by molar-refractivity contribution is 5.99. The van der Waals surface area contributed by atoms with Gasteiger partial charge < -0.3 is 24.1 Å². The first-order valence-electron chi connectivity index (χ1n) is 10.3. The molecule has 0 bridgehead atoms. The molecule has 1 fully saturated rings. The Kier molecular flexibility index (Phi) is 6.23. The number of likely N-dealkylation sites (tertiary alicyclic amines) is 1. The highest BCUT2D eigenvalue weighted by atomic mass is 16.5. The van der Waals surface area contributed by atoms with E-state index < -0.39 is 0 Å². The van der Waals surface area contributed by atoms with Gasteiger partial charge in [0.1, 0.15) is 11.3 Å². The number of anilines is 1. The summed E-state index contributed by atoms with van der Waals surface area (Å²) in [5.74, 6) is 0.564. The van der Waals surface area contributed by atoms with Gasteiger partial charge in [-0.3, -0.25) is 9.59 Å². The molecule has 1 aromatic heterocycles. The molecule has 1 aliphatic rings. The number of para-hydroxylation sites is 3. The molecule has 7 heteroatoms. The minimum Gasteiger partial charge on any atom is -0.495 e. The summed E-state index contributed by atoms with van der Waals surface area (Å²) in [6.07, 6.45) is 1.18. The van der Waals surface area contributed by atoms with E-state index >= 15 is 0 Å². The van der Waals surface area contributed by atoms with Gasteiger partial charge in [0.2, 0.25) is 5.91 Å². The largest absolute Gasteiger partial charge is 0.495 e. The number of ether oxygens (including phenoxy) is 2. The zero-order valence-electron chi connectivity index (χ0n) is 17.7. The van der Waals surface area contributed by atoms with Crippen LogP contribution in [0.15, 0.2) is 52.9 Å². The van der Waals surface area contributed by atoms with Crippen LogP contribution in [0.25, 0.3) is 11.0 Å². The number of rotatable bonds is 6. The summed E-state index contributed by atoms with van der Waals surface area (Å²) in [5.41, 5.74) is 2.09. The third kappa shape index (κ3) is 4.27. The van der Waals surface area contributed by atoms with Crippen molar-refractivity contribution in [2.24, 2.45) is 5.92 Å². The average molecular weight is 422 g/mol. The molecule has 162 valence electrons. The molecule has 2 heterocycles. The van der Waals surface area contributed by atoms with E-state index in [0.29, 0.717) is 55.3 Å². The molecule has 0 saturated carbocycles. The first kappa shape index (κ1) is 20.9. The summed E-state index contributed by atoms with van der Waals surface area (Å²) < 4.78 is 16.5. The zero-order valence-corrected chi connectivity index (χ0v) is 17.7. The van der Waals surface area contributed by atoms with Gasteiger partial charge in [-0.25, -0.2) is 0 Å². The highest BCUT2D eigenvalue weighted by Gasteiger charge is 2.31. The number of methoxy groups -OCH3 is 2. The Morgan fingerprint density at radius 1 is 1.06 bits per heavy atom. The van der Waals surface area contributed by atoms with Crippen molar-refractivity contribution in [2.45, 2.75) is 19.4 Å². The fraction of sp³-hybridized carbons (Fsp3) is 0.333. The minimum absolute atomic E-state index is 0.0552. The number of carbonyl (C=O) groups is 2. The fourth-order valence-electron chi connectivity index (χ4n) is 4.03. The van der Waals surface area contributed by atoms with Crippen molar-refractivity contribution in [3.8, 4) is 5.75 Å². The molecule has 0 atom stereocenters. The van der Waals surface area contributed by atoms with Crippen molar-refractivity contribution >= 4 is 28.5 Å². The number of furan rings is 1. The summed E-state index contributed by atoms with van der Waals surface area (Å²) in [5, 5.41) is 3.84. The molecule has 4 rings (SSSR count). The second kappa shape index (κ2) is 9.22. The Labute approximate surface area is 180 Å². The molecule has 7 nitrogen and oxygen atoms in total. The Morgan fingerprint density at radius 3 is 2.52 bits per heavy atom. The molecule has 31 heavy (non-hydrogen) atoms. The molecule has 2 amide bonds. The molecule has 0 unspecified atom stereocenters. The Balaban J connectivity index is 1.43. The van der Waals surface area contributed by atoms with Crippen LogP contribution in [-0.4, -0.2) is 44.0 Å². The molecule has 3 aromatic rings. The Morgan fingerprint density at radius 2 is 1.77 bits per heavy atom. The van der Waals surface area contributed by atoms with Gasteiger partial charge in [-0.1, -0.05) is 30.3 Å². The van der Waals surface area contributed by atoms with Gasteiger partial charge in [-0.05, 0) is 31.0 Å². The average Bonchev–Trinajstić information content (AvgIpc) is 3.18. The van der Waals surface area contributed by atoms with Crippen LogP contribution in [0.2, 0.25) is 0 Å². The van der Waals surface area contributed by atoms with Crippen molar-refractivity contribution in [1.29, 1.82) is 0 Å². The minimum atomic E-state index is -0.164. The maximum atomic E-state index is 13.2. The second-order valence-electron chi connectivity index (χ2n) is 7.59. The fourth-order valence-corrected chi connectivity index (χ4v) is 4.03. The molecule has 1 aliphatic heterocycles. The van der Waals surface area contributed by atoms with E-state index in [2.05, 4.69) is 5.32 Å². The summed E-state index contributed by atoms with van der Waals surface area (Å²) in [4.78, 5) is 27.7. The van der Waals surface area contributed by atoms with Crippen molar-refractivity contribution in [2.75, 3.05) is 32.6 Å². The van der Waals surface area contributed by atoms with E-state index in [0.717, 1.165) is 10.9 Å². The van der Waals surface area contributed by atoms with Crippen LogP contribution in [-0.2, 0) is 16.1 Å². The number of nitrogens with one attached hydrogen (secondary N) is 1. The maximum absolute atomic E-state index is 13.2. The van der Waals surface area contributed by atoms with E-state index in [4.69, 9.17) is 13.9 Å². The molecular formula is C24H26N2O5. The number of benzene rings is 2. The van der Waals surface area contributed by atoms with E-state index in [1.807, 2.05) is 48.5 Å². The Hall–Kier alpha value is -3.32. The number of amides is 2. The van der Waals surface area contributed by atoms with Crippen molar-refractivity contribution < 1.29 is 23.5 Å². The van der Waals surface area contributed by atoms with Gasteiger partial charge in [0.25, 0.3) is 5.91 Å². The molecule has 0 aliphatic carbocycles. The van der Waals surface area contributed by atoms with E-state index in [1.54, 1.807) is 19.1 Å². The summed E-state index contributed by atoms with van der Waals surface area (Å²) in [7, 11) is 3.17. The SMILES string of the molecule is COCc1c(C(=O)N2CCC(C(=O)Nc3ccccc3OC)CC2)oc2ccccc12. The van der Waals surface area contributed by atoms with Crippen LogP contribution in [0.1, 0.15) is 29.0 Å². The number of piperidine rings is 1. The zero-order chi connectivity index (χ0) is 21.8. The molecule has 0 spiro atoms. The topological polar surface area (TPSA) is 81.0 Å². The molecule has 2 aromatic carbocycles. The van der Waals surface area contributed by atoms with E-state index in [1.165, 1.54) is 0 Å². The molecule has 1 saturated heterocycles. The van der Waals surface area contributed by atoms with E-state index in [9.17, 15) is 9.59 Å². The second-order valence-corrected chi connectivity index (χ2v) is 7.59. The lowest BCUT2D eigenvalue weighted by Crippen LogP contribution is -2.41. The van der Waals surface area contributed by atoms with Crippen molar-refractivity contribution in [3.05, 3.63) is 59.9 Å². The number of fused-ring (bicyclic) bond motifs is 1. The number of nitrogens with zero attached hydrogens (tertiary/aromatic N) is 1. The monoisotopic (exact) mass is 422 g/mol. The number of hydrogen-bond donors (Lipinski definition) is 1. The van der Waals surface area contributed by atoms with Crippen LogP contribution in [0.5, 0.6) is 5.75 Å². The maximum Gasteiger partial charge on any atom is 0.289 e. The molecule has 1 N–H and O–H groups in total. The number of hydrogen-bond acceptors (Lipinski definition) is 5. The van der Waals surface area contributed by atoms with Gasteiger partial charge >= 0.3 is 0 Å². The first-order chi connectivity index (χ1) is 15.1. The van der Waals surface area contributed by atoms with Crippen molar-refractivity contribution in [1.82, 2.24) is 4.90 Å². The number of carbonyl (C=O) groups excluding carboxylic acids is 2. The van der Waals surface area contributed by atoms with Crippen LogP contribution in [0.4, 0.5) is 5.69 Å². The third-order valence-electron chi connectivity index (χ3n) is 5.70. The third-order valence-corrected chi connectivity index (χ3v) is 5.70. The van der Waals surface area contributed by atoms with Gasteiger partial charge in [0, 0.05) is 37.1 Å². The summed E-state index contributed by atoms with van der Waals surface area (Å²) in [6.45, 7) is 1.29. The standard InChI is InChI=1S/C24H26N2O5/c1-29-15-18-17-7-3-5-9-20(17)31-22(18)24(28)26-13-11-16(12-14-26)23(27)25-19-8-4-6-10-21(19)30-2/h3-10,16H,11-15H2,1-2H3,(H,25,27). The lowest BCUT2D eigenvalue weighted by molar-refractivity contribution is -0.121. The normalized spacial score (nSPS) is 14.6. The van der Waals surface area contributed by atoms with E-state index in [-0.39, 0.29) is 17.7 Å². The summed E-state index contributed by atoms with van der Waals surface area (Å²) >= 11 is 0. The van der Waals surface area contributed by atoms with Crippen LogP contribution < -0.4 is 10.1 Å². The lowest BCUT2D eigenvalue weighted by Gasteiger charge is -2.31. The lowest BCUT2D eigenvalue weighted by atomic mass is 9.95. The molecular weight excluding hydrogens is 396 g/mol. The quantitative estimate of drug-likeness (QED) is 0.647.